The number of carbonyl (C=O) groups is 3. The summed E-state index contributed by atoms with van der Waals surface area (Å²) in [7, 11) is 0. The fourth-order valence-electron chi connectivity index (χ4n) is 2.64. The molecule has 148 valence electrons. The summed E-state index contributed by atoms with van der Waals surface area (Å²) in [6.07, 6.45) is 0. The van der Waals surface area contributed by atoms with E-state index in [1.165, 1.54) is 12.5 Å². The van der Waals surface area contributed by atoms with Gasteiger partial charge in [0.05, 0.1) is 6.54 Å². The average molecular weight is 381 g/mol. The van der Waals surface area contributed by atoms with Crippen LogP contribution in [0.5, 0.6) is 0 Å². The molecule has 0 saturated carbocycles. The van der Waals surface area contributed by atoms with Crippen molar-refractivity contribution in [2.45, 2.75) is 39.7 Å². The van der Waals surface area contributed by atoms with E-state index >= 15 is 0 Å². The van der Waals surface area contributed by atoms with Gasteiger partial charge in [0.15, 0.2) is 0 Å². The van der Waals surface area contributed by atoms with E-state index in [1.807, 2.05) is 43.3 Å². The van der Waals surface area contributed by atoms with Crippen molar-refractivity contribution >= 4 is 23.4 Å². The fourth-order valence-corrected chi connectivity index (χ4v) is 2.64. The van der Waals surface area contributed by atoms with Crippen molar-refractivity contribution in [2.75, 3.05) is 11.9 Å². The molecule has 2 rings (SSSR count). The summed E-state index contributed by atoms with van der Waals surface area (Å²) in [5, 5.41) is 7.98. The van der Waals surface area contributed by atoms with E-state index in [-0.39, 0.29) is 18.4 Å². The Morgan fingerprint density at radius 3 is 2.00 bits per heavy atom. The van der Waals surface area contributed by atoms with Crippen LogP contribution in [0.3, 0.4) is 0 Å². The molecule has 0 bridgehead atoms. The molecule has 2 aromatic carbocycles. The van der Waals surface area contributed by atoms with Gasteiger partial charge in [0.1, 0.15) is 6.04 Å². The highest BCUT2D eigenvalue weighted by Crippen LogP contribution is 2.20. The van der Waals surface area contributed by atoms with Crippen LogP contribution in [0.2, 0.25) is 0 Å². The van der Waals surface area contributed by atoms with E-state index < -0.39 is 11.9 Å². The number of carbonyl (C=O) groups excluding carboxylic acids is 3. The largest absolute Gasteiger partial charge is 0.347 e. The number of aryl methyl sites for hydroxylation is 1. The topological polar surface area (TPSA) is 87.3 Å². The number of benzene rings is 2. The molecule has 28 heavy (non-hydrogen) atoms. The van der Waals surface area contributed by atoms with E-state index in [4.69, 9.17) is 0 Å². The Bertz CT molecular complexity index is 827. The van der Waals surface area contributed by atoms with Gasteiger partial charge < -0.3 is 16.0 Å². The Balaban J connectivity index is 2.16. The highest BCUT2D eigenvalue weighted by molar-refractivity contribution is 5.98. The predicted octanol–water partition coefficient (Wildman–Crippen LogP) is 3.05. The van der Waals surface area contributed by atoms with Crippen LogP contribution in [-0.2, 0) is 14.4 Å². The second-order valence-electron chi connectivity index (χ2n) is 7.09. The third-order valence-corrected chi connectivity index (χ3v) is 4.32. The number of hydrogen-bond acceptors (Lipinski definition) is 3. The Morgan fingerprint density at radius 1 is 0.893 bits per heavy atom. The normalized spacial score (nSPS) is 11.6. The maximum atomic E-state index is 12.9. The minimum Gasteiger partial charge on any atom is -0.347 e. The molecule has 0 fully saturated rings. The van der Waals surface area contributed by atoms with E-state index in [0.717, 1.165) is 5.56 Å². The predicted molar refractivity (Wildman–Crippen MR) is 110 cm³/mol. The molecule has 0 aliphatic heterocycles. The average Bonchev–Trinajstić information content (AvgIpc) is 2.65. The Morgan fingerprint density at radius 2 is 1.46 bits per heavy atom. The number of hydrogen-bond donors (Lipinski definition) is 3. The smallest absolute Gasteiger partial charge is 0.251 e. The highest BCUT2D eigenvalue weighted by atomic mass is 16.2. The minimum absolute atomic E-state index is 0.186. The first-order valence-corrected chi connectivity index (χ1v) is 9.27. The van der Waals surface area contributed by atoms with Gasteiger partial charge in [0.2, 0.25) is 11.8 Å². The molecular formula is C22H27N3O3. The molecule has 3 amide bonds. The molecule has 2 aromatic rings. The van der Waals surface area contributed by atoms with Gasteiger partial charge in [-0.1, -0.05) is 55.8 Å². The molecule has 0 radical (unpaired) electrons. The molecule has 0 aliphatic carbocycles. The summed E-state index contributed by atoms with van der Waals surface area (Å²) < 4.78 is 0. The standard InChI is InChI=1S/C22H27N3O3/c1-14(2)17-9-11-19(12-10-17)24-22(28)21(18-7-5-15(3)6-8-18)25-20(27)13-23-16(4)26/h5-12,14,21H,13H2,1-4H3,(H,23,26)(H,24,28)(H,25,27). The number of nitrogens with one attached hydrogen (secondary N) is 3. The third kappa shape index (κ3) is 6.23. The Hall–Kier alpha value is -3.15. The zero-order valence-electron chi connectivity index (χ0n) is 16.7. The molecule has 0 heterocycles. The zero-order chi connectivity index (χ0) is 20.7. The van der Waals surface area contributed by atoms with Gasteiger partial charge >= 0.3 is 0 Å². The van der Waals surface area contributed by atoms with E-state index in [1.54, 1.807) is 12.1 Å². The lowest BCUT2D eigenvalue weighted by molar-refractivity contribution is -0.127. The fraction of sp³-hybridized carbons (Fsp3) is 0.318. The van der Waals surface area contributed by atoms with Crippen LogP contribution in [0.15, 0.2) is 48.5 Å². The molecule has 6 nitrogen and oxygen atoms in total. The van der Waals surface area contributed by atoms with Crippen LogP contribution in [0.1, 0.15) is 49.4 Å². The van der Waals surface area contributed by atoms with E-state index in [0.29, 0.717) is 17.2 Å². The van der Waals surface area contributed by atoms with Crippen molar-refractivity contribution in [2.24, 2.45) is 0 Å². The van der Waals surface area contributed by atoms with Crippen molar-refractivity contribution < 1.29 is 14.4 Å². The van der Waals surface area contributed by atoms with Gasteiger partial charge in [0.25, 0.3) is 5.91 Å². The first-order chi connectivity index (χ1) is 13.3. The summed E-state index contributed by atoms with van der Waals surface area (Å²) in [6, 6.07) is 14.1. The van der Waals surface area contributed by atoms with Crippen LogP contribution >= 0.6 is 0 Å². The summed E-state index contributed by atoms with van der Waals surface area (Å²) in [5.74, 6) is -0.696. The van der Waals surface area contributed by atoms with Gasteiger partial charge in [-0.3, -0.25) is 14.4 Å². The molecule has 0 saturated heterocycles. The summed E-state index contributed by atoms with van der Waals surface area (Å²) in [6.45, 7) is 7.30. The van der Waals surface area contributed by atoms with E-state index in [2.05, 4.69) is 29.8 Å². The van der Waals surface area contributed by atoms with Crippen molar-refractivity contribution in [1.29, 1.82) is 0 Å². The number of anilines is 1. The van der Waals surface area contributed by atoms with Crippen molar-refractivity contribution in [3.05, 3.63) is 65.2 Å². The minimum atomic E-state index is -0.869. The molecule has 6 heteroatoms. The second-order valence-corrected chi connectivity index (χ2v) is 7.09. The molecule has 3 N–H and O–H groups in total. The molecule has 0 aliphatic rings. The third-order valence-electron chi connectivity index (χ3n) is 4.32. The lowest BCUT2D eigenvalue weighted by atomic mass is 10.0. The SMILES string of the molecule is CC(=O)NCC(=O)NC(C(=O)Nc1ccc(C(C)C)cc1)c1ccc(C)cc1. The van der Waals surface area contributed by atoms with Crippen molar-refractivity contribution in [3.8, 4) is 0 Å². The van der Waals surface area contributed by atoms with Crippen molar-refractivity contribution in [3.63, 3.8) is 0 Å². The Labute approximate surface area is 165 Å². The van der Waals surface area contributed by atoms with Crippen LogP contribution in [-0.4, -0.2) is 24.3 Å². The van der Waals surface area contributed by atoms with Gasteiger partial charge in [-0.15, -0.1) is 0 Å². The zero-order valence-corrected chi connectivity index (χ0v) is 16.7. The molecular weight excluding hydrogens is 354 g/mol. The summed E-state index contributed by atoms with van der Waals surface area (Å²) >= 11 is 0. The van der Waals surface area contributed by atoms with Gasteiger partial charge in [-0.25, -0.2) is 0 Å². The maximum Gasteiger partial charge on any atom is 0.251 e. The second kappa shape index (κ2) is 9.69. The van der Waals surface area contributed by atoms with Crippen LogP contribution in [0.4, 0.5) is 5.69 Å². The number of rotatable bonds is 7. The monoisotopic (exact) mass is 381 g/mol. The van der Waals surface area contributed by atoms with Gasteiger partial charge in [-0.05, 0) is 36.1 Å². The molecule has 0 spiro atoms. The first kappa shape index (κ1) is 21.2. The van der Waals surface area contributed by atoms with E-state index in [9.17, 15) is 14.4 Å². The molecule has 1 atom stereocenters. The maximum absolute atomic E-state index is 12.9. The first-order valence-electron chi connectivity index (χ1n) is 9.27. The lowest BCUT2D eigenvalue weighted by Gasteiger charge is -2.19. The van der Waals surface area contributed by atoms with Gasteiger partial charge in [-0.2, -0.15) is 0 Å². The van der Waals surface area contributed by atoms with Crippen LogP contribution in [0, 0.1) is 6.92 Å². The quantitative estimate of drug-likeness (QED) is 0.689. The van der Waals surface area contributed by atoms with Gasteiger partial charge in [0, 0.05) is 12.6 Å². The number of amides is 3. The van der Waals surface area contributed by atoms with Crippen molar-refractivity contribution in [1.82, 2.24) is 10.6 Å². The Kier molecular flexibility index (Phi) is 7.32. The van der Waals surface area contributed by atoms with Crippen LogP contribution < -0.4 is 16.0 Å². The highest BCUT2D eigenvalue weighted by Gasteiger charge is 2.23. The molecule has 1 unspecified atom stereocenters. The van der Waals surface area contributed by atoms with Crippen LogP contribution in [0.25, 0.3) is 0 Å². The summed E-state index contributed by atoms with van der Waals surface area (Å²) in [5.41, 5.74) is 3.55. The summed E-state index contributed by atoms with van der Waals surface area (Å²) in [4.78, 5) is 36.1. The lowest BCUT2D eigenvalue weighted by Crippen LogP contribution is -2.42. The molecule has 0 aromatic heterocycles.